The molecule has 0 aliphatic rings. The van der Waals surface area contributed by atoms with Crippen molar-refractivity contribution in [3.8, 4) is 0 Å². The second kappa shape index (κ2) is 9.32. The van der Waals surface area contributed by atoms with Gasteiger partial charge >= 0.3 is 0 Å². The number of nitrogens with one attached hydrogen (secondary N) is 1. The number of rotatable bonds is 9. The lowest BCUT2D eigenvalue weighted by Gasteiger charge is -2.06. The van der Waals surface area contributed by atoms with Crippen molar-refractivity contribution in [1.82, 2.24) is 9.97 Å². The molecule has 1 N–H and O–H groups in total. The minimum atomic E-state index is 0.660. The smallest absolute Gasteiger partial charge is 0.130 e. The monoisotopic (exact) mass is 303 g/mol. The van der Waals surface area contributed by atoms with Gasteiger partial charge in [0, 0.05) is 26.3 Å². The Balaban J connectivity index is 1.97. The van der Waals surface area contributed by atoms with E-state index in [4.69, 9.17) is 9.47 Å². The van der Waals surface area contributed by atoms with Crippen LogP contribution < -0.4 is 5.32 Å². The molecule has 0 aliphatic heterocycles. The van der Waals surface area contributed by atoms with E-state index < -0.39 is 0 Å². The zero-order valence-electron chi connectivity index (χ0n) is 9.99. The van der Waals surface area contributed by atoms with Crippen LogP contribution in [0.25, 0.3) is 0 Å². The predicted molar refractivity (Wildman–Crippen MR) is 70.2 cm³/mol. The van der Waals surface area contributed by atoms with Crippen molar-refractivity contribution in [2.24, 2.45) is 0 Å². The van der Waals surface area contributed by atoms with Crippen molar-refractivity contribution in [1.29, 1.82) is 0 Å². The molecule has 0 spiro atoms. The summed E-state index contributed by atoms with van der Waals surface area (Å²) >= 11 is 3.30. The molecular formula is C11H18BrN3O2. The number of aromatic nitrogens is 2. The van der Waals surface area contributed by atoms with Crippen LogP contribution in [0.5, 0.6) is 0 Å². The summed E-state index contributed by atoms with van der Waals surface area (Å²) in [5, 5.41) is 3.23. The molecule has 0 radical (unpaired) electrons. The molecule has 0 aromatic carbocycles. The van der Waals surface area contributed by atoms with Crippen molar-refractivity contribution in [3.05, 3.63) is 17.0 Å². The fourth-order valence-electron chi connectivity index (χ4n) is 1.22. The van der Waals surface area contributed by atoms with Gasteiger partial charge in [0.2, 0.25) is 0 Å². The highest BCUT2D eigenvalue weighted by Crippen LogP contribution is 2.09. The Morgan fingerprint density at radius 2 is 2.12 bits per heavy atom. The number of anilines is 1. The first-order chi connectivity index (χ1) is 8.33. The molecule has 0 bridgehead atoms. The average Bonchev–Trinajstić information content (AvgIpc) is 2.33. The highest BCUT2D eigenvalue weighted by atomic mass is 79.9. The van der Waals surface area contributed by atoms with Crippen molar-refractivity contribution >= 4 is 21.7 Å². The molecule has 0 saturated heterocycles. The number of hydrogen-bond acceptors (Lipinski definition) is 5. The Morgan fingerprint density at radius 3 is 2.88 bits per heavy atom. The third kappa shape index (κ3) is 7.25. The lowest BCUT2D eigenvalue weighted by molar-refractivity contribution is 0.0691. The Morgan fingerprint density at radius 1 is 1.24 bits per heavy atom. The summed E-state index contributed by atoms with van der Waals surface area (Å²) in [5.41, 5.74) is 0. The number of nitrogens with zero attached hydrogens (tertiary/aromatic N) is 2. The largest absolute Gasteiger partial charge is 0.382 e. The predicted octanol–water partition coefficient (Wildman–Crippen LogP) is 2.09. The van der Waals surface area contributed by atoms with Crippen molar-refractivity contribution in [2.75, 3.05) is 38.8 Å². The number of unbranched alkanes of at least 4 members (excludes halogenated alkanes) is 1. The topological polar surface area (TPSA) is 56.3 Å². The third-order valence-electron chi connectivity index (χ3n) is 2.09. The van der Waals surface area contributed by atoms with E-state index >= 15 is 0 Å². The standard InChI is InChI=1S/C11H18BrN3O2/c1-16-6-7-17-5-3-2-4-13-11-8-10(12)14-9-15-11/h8-9H,2-7H2,1H3,(H,13,14,15). The summed E-state index contributed by atoms with van der Waals surface area (Å²) in [6.45, 7) is 2.99. The van der Waals surface area contributed by atoms with Crippen molar-refractivity contribution < 1.29 is 9.47 Å². The molecule has 5 nitrogen and oxygen atoms in total. The van der Waals surface area contributed by atoms with E-state index in [0.717, 1.165) is 36.4 Å². The molecular weight excluding hydrogens is 286 g/mol. The van der Waals surface area contributed by atoms with Crippen LogP contribution in [-0.2, 0) is 9.47 Å². The van der Waals surface area contributed by atoms with Gasteiger partial charge in [0.1, 0.15) is 16.7 Å². The second-order valence-corrected chi connectivity index (χ2v) is 4.28. The summed E-state index contributed by atoms with van der Waals surface area (Å²) in [6, 6.07) is 1.86. The SMILES string of the molecule is COCCOCCCCNc1cc(Br)ncn1. The van der Waals surface area contributed by atoms with Gasteiger partial charge in [-0.1, -0.05) is 0 Å². The Labute approximate surface area is 110 Å². The van der Waals surface area contributed by atoms with Gasteiger partial charge < -0.3 is 14.8 Å². The number of ether oxygens (including phenoxy) is 2. The molecule has 6 heteroatoms. The molecule has 1 aromatic rings. The maximum absolute atomic E-state index is 5.36. The van der Waals surface area contributed by atoms with Crippen LogP contribution in [0.3, 0.4) is 0 Å². The van der Waals surface area contributed by atoms with Crippen LogP contribution in [0.2, 0.25) is 0 Å². The van der Waals surface area contributed by atoms with Gasteiger partial charge in [0.05, 0.1) is 13.2 Å². The fraction of sp³-hybridized carbons (Fsp3) is 0.636. The highest BCUT2D eigenvalue weighted by molar-refractivity contribution is 9.10. The van der Waals surface area contributed by atoms with E-state index in [-0.39, 0.29) is 0 Å². The zero-order valence-corrected chi connectivity index (χ0v) is 11.6. The Bertz CT molecular complexity index is 313. The van der Waals surface area contributed by atoms with Crippen LogP contribution >= 0.6 is 15.9 Å². The van der Waals surface area contributed by atoms with Crippen LogP contribution in [0.4, 0.5) is 5.82 Å². The molecule has 0 unspecified atom stereocenters. The van der Waals surface area contributed by atoms with Crippen LogP contribution in [0, 0.1) is 0 Å². The van der Waals surface area contributed by atoms with Crippen LogP contribution in [0.1, 0.15) is 12.8 Å². The fourth-order valence-corrected chi connectivity index (χ4v) is 1.53. The normalized spacial score (nSPS) is 10.5. The van der Waals surface area contributed by atoms with E-state index in [0.29, 0.717) is 13.2 Å². The minimum Gasteiger partial charge on any atom is -0.382 e. The number of hydrogen-bond donors (Lipinski definition) is 1. The third-order valence-corrected chi connectivity index (χ3v) is 2.52. The molecule has 1 aromatic heterocycles. The van der Waals surface area contributed by atoms with Gasteiger partial charge in [-0.25, -0.2) is 9.97 Å². The van der Waals surface area contributed by atoms with E-state index in [9.17, 15) is 0 Å². The molecule has 0 aliphatic carbocycles. The van der Waals surface area contributed by atoms with Crippen molar-refractivity contribution in [2.45, 2.75) is 12.8 Å². The van der Waals surface area contributed by atoms with E-state index in [1.54, 1.807) is 7.11 Å². The molecule has 0 atom stereocenters. The van der Waals surface area contributed by atoms with Crippen LogP contribution in [0.15, 0.2) is 17.0 Å². The van der Waals surface area contributed by atoms with Gasteiger partial charge in [-0.05, 0) is 28.8 Å². The van der Waals surface area contributed by atoms with Crippen molar-refractivity contribution in [3.63, 3.8) is 0 Å². The van der Waals surface area contributed by atoms with Gasteiger partial charge in [-0.15, -0.1) is 0 Å². The lowest BCUT2D eigenvalue weighted by atomic mass is 10.3. The summed E-state index contributed by atoms with van der Waals surface area (Å²) in [4.78, 5) is 8.06. The molecule has 0 saturated carbocycles. The molecule has 0 fully saturated rings. The number of halogens is 1. The molecule has 1 heterocycles. The Hall–Kier alpha value is -0.720. The van der Waals surface area contributed by atoms with Gasteiger partial charge in [0.25, 0.3) is 0 Å². The second-order valence-electron chi connectivity index (χ2n) is 3.47. The first-order valence-electron chi connectivity index (χ1n) is 5.61. The minimum absolute atomic E-state index is 0.660. The molecule has 17 heavy (non-hydrogen) atoms. The summed E-state index contributed by atoms with van der Waals surface area (Å²) in [7, 11) is 1.67. The molecule has 96 valence electrons. The van der Waals surface area contributed by atoms with Gasteiger partial charge in [0.15, 0.2) is 0 Å². The lowest BCUT2D eigenvalue weighted by Crippen LogP contribution is -2.07. The van der Waals surface area contributed by atoms with Gasteiger partial charge in [-0.2, -0.15) is 0 Å². The van der Waals surface area contributed by atoms with E-state index in [1.807, 2.05) is 6.07 Å². The summed E-state index contributed by atoms with van der Waals surface area (Å²) < 4.78 is 11.0. The molecule has 1 rings (SSSR count). The number of methoxy groups -OCH3 is 1. The van der Waals surface area contributed by atoms with Gasteiger partial charge in [-0.3, -0.25) is 0 Å². The quantitative estimate of drug-likeness (QED) is 0.559. The average molecular weight is 304 g/mol. The zero-order chi connectivity index (χ0) is 12.3. The van der Waals surface area contributed by atoms with E-state index in [2.05, 4.69) is 31.2 Å². The van der Waals surface area contributed by atoms with Crippen LogP contribution in [-0.4, -0.2) is 43.4 Å². The summed E-state index contributed by atoms with van der Waals surface area (Å²) in [5.74, 6) is 0.840. The Kier molecular flexibility index (Phi) is 7.87. The first-order valence-corrected chi connectivity index (χ1v) is 6.40. The van der Waals surface area contributed by atoms with E-state index in [1.165, 1.54) is 6.33 Å². The highest BCUT2D eigenvalue weighted by Gasteiger charge is 1.95. The maximum atomic E-state index is 5.36. The maximum Gasteiger partial charge on any atom is 0.130 e. The molecule has 0 amide bonds. The summed E-state index contributed by atoms with van der Waals surface area (Å²) in [6.07, 6.45) is 3.61. The first kappa shape index (κ1) is 14.3.